The highest BCUT2D eigenvalue weighted by Gasteiger charge is 2.46. The molecule has 0 atom stereocenters. The number of rotatable bonds is 10. The monoisotopic (exact) mass is 1170 g/mol. The molecule has 16 aromatic carbocycles. The fourth-order valence-corrected chi connectivity index (χ4v) is 15.3. The molecule has 92 heavy (non-hydrogen) atoms. The highest BCUT2D eigenvalue weighted by Crippen LogP contribution is 2.58. The van der Waals surface area contributed by atoms with Gasteiger partial charge >= 0.3 is 0 Å². The summed E-state index contributed by atoms with van der Waals surface area (Å²) in [6.07, 6.45) is 0. The average molecular weight is 1170 g/mol. The molecule has 1 aromatic heterocycles. The van der Waals surface area contributed by atoms with Gasteiger partial charge in [0, 0.05) is 16.5 Å². The Morgan fingerprint density at radius 2 is 0.500 bits per heavy atom. The van der Waals surface area contributed by atoms with Crippen molar-refractivity contribution >= 4 is 54.1 Å². The molecule has 0 unspecified atom stereocenters. The third-order valence-electron chi connectivity index (χ3n) is 19.7. The molecule has 1 aliphatic rings. The molecular weight excluding hydrogens is 1110 g/mol. The molecule has 1 heterocycles. The van der Waals surface area contributed by atoms with Crippen LogP contribution in [0.5, 0.6) is 0 Å². The largest absolute Gasteiger partial charge is 0.309 e. The molecule has 1 aliphatic carbocycles. The van der Waals surface area contributed by atoms with E-state index in [2.05, 4.69) is 362 Å². The van der Waals surface area contributed by atoms with Gasteiger partial charge in [0.25, 0.3) is 0 Å². The van der Waals surface area contributed by atoms with E-state index < -0.39 is 5.41 Å². The lowest BCUT2D eigenvalue weighted by molar-refractivity contribution is 0.768. The molecule has 0 bridgehead atoms. The van der Waals surface area contributed by atoms with E-state index in [-0.39, 0.29) is 0 Å². The van der Waals surface area contributed by atoms with Crippen molar-refractivity contribution in [3.63, 3.8) is 0 Å². The molecule has 0 saturated carbocycles. The minimum Gasteiger partial charge on any atom is -0.309 e. The van der Waals surface area contributed by atoms with E-state index in [4.69, 9.17) is 0 Å². The van der Waals surface area contributed by atoms with Crippen molar-refractivity contribution < 1.29 is 0 Å². The van der Waals surface area contributed by atoms with Crippen LogP contribution in [0.25, 0.3) is 149 Å². The maximum Gasteiger partial charge on any atom is 0.0714 e. The molecule has 1 nitrogen and oxygen atoms in total. The Morgan fingerprint density at radius 1 is 0.185 bits per heavy atom. The molecular formula is C91H59N. The summed E-state index contributed by atoms with van der Waals surface area (Å²) in [6.45, 7) is 0. The van der Waals surface area contributed by atoms with Crippen LogP contribution in [-0.2, 0) is 5.41 Å². The Morgan fingerprint density at radius 3 is 0.924 bits per heavy atom. The van der Waals surface area contributed by atoms with Crippen molar-refractivity contribution in [3.05, 3.63) is 380 Å². The Labute approximate surface area is 535 Å². The molecule has 0 saturated heterocycles. The van der Waals surface area contributed by atoms with Gasteiger partial charge in [0.2, 0.25) is 0 Å². The first kappa shape index (κ1) is 53.2. The van der Waals surface area contributed by atoms with Crippen LogP contribution in [0.15, 0.2) is 358 Å². The second-order valence-electron chi connectivity index (χ2n) is 24.7. The summed E-state index contributed by atoms with van der Waals surface area (Å²) in [5, 5.41) is 9.95. The maximum absolute atomic E-state index is 2.51. The fraction of sp³-hybridized carbons (Fsp3) is 0.0110. The van der Waals surface area contributed by atoms with Gasteiger partial charge in [0.1, 0.15) is 0 Å². The minimum atomic E-state index is -0.626. The molecule has 18 rings (SSSR count). The van der Waals surface area contributed by atoms with Crippen molar-refractivity contribution in [1.29, 1.82) is 0 Å². The summed E-state index contributed by atoms with van der Waals surface area (Å²) in [4.78, 5) is 0. The van der Waals surface area contributed by atoms with Crippen LogP contribution in [0, 0.1) is 0 Å². The maximum atomic E-state index is 2.51. The van der Waals surface area contributed by atoms with Gasteiger partial charge in [-0.3, -0.25) is 0 Å². The van der Waals surface area contributed by atoms with Crippen LogP contribution in [-0.4, -0.2) is 4.57 Å². The highest BCUT2D eigenvalue weighted by atomic mass is 15.0. The molecule has 0 N–H and O–H groups in total. The highest BCUT2D eigenvalue weighted by molar-refractivity contribution is 6.12. The van der Waals surface area contributed by atoms with Crippen LogP contribution in [0.3, 0.4) is 0 Å². The third kappa shape index (κ3) is 8.69. The third-order valence-corrected chi connectivity index (χ3v) is 19.7. The molecule has 17 aromatic rings. The molecule has 0 radical (unpaired) electrons. The SMILES string of the molecule is c1ccc(C2(c3ccccc3)c3cc(-c4cccc5ccccc45)ccc3-c3ccc(-n4c5ccc(-c6ccc(-c7ccc(-c8cccc9ccccc89)cc7)cc6)cc5c5cc(-c6ccc(-c7ccc(-c8cccc9ccccc89)cc7)cc6)ccc54)cc32)cc1. The van der Waals surface area contributed by atoms with E-state index in [1.54, 1.807) is 0 Å². The van der Waals surface area contributed by atoms with Gasteiger partial charge in [-0.05, 0) is 186 Å². The lowest BCUT2D eigenvalue weighted by atomic mass is 9.67. The number of fused-ring (bicyclic) bond motifs is 9. The number of benzene rings is 16. The molecule has 0 amide bonds. The van der Waals surface area contributed by atoms with Crippen LogP contribution in [0.4, 0.5) is 0 Å². The van der Waals surface area contributed by atoms with E-state index in [0.717, 1.165) is 16.7 Å². The van der Waals surface area contributed by atoms with E-state index >= 15 is 0 Å². The summed E-state index contributed by atoms with van der Waals surface area (Å²) in [7, 11) is 0. The first-order valence-electron chi connectivity index (χ1n) is 31.9. The second-order valence-corrected chi connectivity index (χ2v) is 24.7. The summed E-state index contributed by atoms with van der Waals surface area (Å²) in [5.74, 6) is 0. The first-order chi connectivity index (χ1) is 45.6. The Kier molecular flexibility index (Phi) is 12.5. The van der Waals surface area contributed by atoms with Crippen molar-refractivity contribution in [2.45, 2.75) is 5.41 Å². The van der Waals surface area contributed by atoms with Crippen LogP contribution < -0.4 is 0 Å². The first-order valence-corrected chi connectivity index (χ1v) is 31.9. The van der Waals surface area contributed by atoms with Gasteiger partial charge in [-0.25, -0.2) is 0 Å². The van der Waals surface area contributed by atoms with E-state index in [0.29, 0.717) is 0 Å². The van der Waals surface area contributed by atoms with Gasteiger partial charge < -0.3 is 4.57 Å². The number of nitrogens with zero attached hydrogens (tertiary/aromatic N) is 1. The zero-order chi connectivity index (χ0) is 60.7. The topological polar surface area (TPSA) is 4.93 Å². The van der Waals surface area contributed by atoms with Crippen LogP contribution >= 0.6 is 0 Å². The summed E-state index contributed by atoms with van der Waals surface area (Å²) >= 11 is 0. The quantitative estimate of drug-likeness (QED) is 0.129. The summed E-state index contributed by atoms with van der Waals surface area (Å²) in [5.41, 5.74) is 27.2. The van der Waals surface area contributed by atoms with E-state index in [1.807, 2.05) is 0 Å². The van der Waals surface area contributed by atoms with Crippen LogP contribution in [0.2, 0.25) is 0 Å². The Bertz CT molecular complexity index is 5420. The smallest absolute Gasteiger partial charge is 0.0714 e. The molecule has 0 fully saturated rings. The van der Waals surface area contributed by atoms with Crippen molar-refractivity contribution in [3.8, 4) is 94.7 Å². The van der Waals surface area contributed by atoms with E-state index in [1.165, 1.54) is 154 Å². The second kappa shape index (κ2) is 21.7. The Balaban J connectivity index is 0.764. The number of aromatic nitrogens is 1. The lowest BCUT2D eigenvalue weighted by Crippen LogP contribution is -2.28. The van der Waals surface area contributed by atoms with E-state index in [9.17, 15) is 0 Å². The van der Waals surface area contributed by atoms with Gasteiger partial charge in [-0.15, -0.1) is 0 Å². The molecule has 1 heteroatoms. The van der Waals surface area contributed by atoms with Gasteiger partial charge in [-0.2, -0.15) is 0 Å². The fourth-order valence-electron chi connectivity index (χ4n) is 15.3. The number of hydrogen-bond acceptors (Lipinski definition) is 0. The molecule has 0 spiro atoms. The lowest BCUT2D eigenvalue weighted by Gasteiger charge is -2.34. The van der Waals surface area contributed by atoms with Gasteiger partial charge in [0.05, 0.1) is 16.4 Å². The molecule has 428 valence electrons. The standard InChI is InChI=1S/C91H59N/c1-3-22-74(23-4-1)91(75-24-5-2-6-25-75)87-58-73(82-31-15-21-68-18-9-12-28-79(68)82)48-52-83(87)84-53-51-76(59-88(84)91)92-89-54-49-71(64-36-32-60(33-37-64)62-40-44-69(45-41-62)80-29-13-19-66-16-7-10-26-77(66)80)56-85(89)86-57-72(50-55-90(86)92)65-38-34-61(35-39-65)63-42-46-70(47-43-63)81-30-14-20-67-17-8-11-27-78(67)81/h1-59H. The molecule has 0 aliphatic heterocycles. The van der Waals surface area contributed by atoms with Crippen molar-refractivity contribution in [1.82, 2.24) is 4.57 Å². The van der Waals surface area contributed by atoms with Gasteiger partial charge in [0.15, 0.2) is 0 Å². The zero-order valence-corrected chi connectivity index (χ0v) is 50.5. The predicted molar refractivity (Wildman–Crippen MR) is 389 cm³/mol. The minimum absolute atomic E-state index is 0.626. The van der Waals surface area contributed by atoms with Crippen LogP contribution in [0.1, 0.15) is 22.3 Å². The predicted octanol–water partition coefficient (Wildman–Crippen LogP) is 24.3. The van der Waals surface area contributed by atoms with Gasteiger partial charge in [-0.1, -0.05) is 315 Å². The van der Waals surface area contributed by atoms with Crippen molar-refractivity contribution in [2.24, 2.45) is 0 Å². The number of hydrogen-bond donors (Lipinski definition) is 0. The normalized spacial score (nSPS) is 12.4. The Hall–Kier alpha value is -11.9. The zero-order valence-electron chi connectivity index (χ0n) is 50.5. The van der Waals surface area contributed by atoms with Crippen molar-refractivity contribution in [2.75, 3.05) is 0 Å². The average Bonchev–Trinajstić information content (AvgIpc) is 1.52. The summed E-state index contributed by atoms with van der Waals surface area (Å²) in [6, 6.07) is 133. The summed E-state index contributed by atoms with van der Waals surface area (Å²) < 4.78 is 2.51.